The molecule has 6 nitrogen and oxygen atoms in total. The van der Waals surface area contributed by atoms with Crippen molar-refractivity contribution >= 4 is 11.9 Å². The van der Waals surface area contributed by atoms with Crippen LogP contribution in [0.1, 0.15) is 105 Å². The van der Waals surface area contributed by atoms with Gasteiger partial charge in [0, 0.05) is 13.1 Å². The zero-order chi connectivity index (χ0) is 22.1. The molecule has 1 amide bonds. The second kappa shape index (κ2) is 16.6. The zero-order valence-corrected chi connectivity index (χ0v) is 19.5. The predicted molar refractivity (Wildman–Crippen MR) is 121 cm³/mol. The van der Waals surface area contributed by atoms with E-state index in [4.69, 9.17) is 5.73 Å². The minimum atomic E-state index is -1.34. The number of unbranched alkanes of at least 4 members (excludes halogenated alkanes) is 9. The molecule has 0 saturated carbocycles. The number of likely N-dealkylation sites (N-methyl/N-ethyl adjacent to an activating group) is 1. The number of nitrogens with zero attached hydrogens (tertiary/aromatic N) is 2. The standard InChI is InChI=1S/C23H47N3O3/c1-5-9-10-11-12-13-14-15-16-17-19-26(18-6-2)23(22(28)29,20-21(24)27)25(7-3)8-4/h5-20H2,1-4H3,(H2,24,27)(H,28,29). The summed E-state index contributed by atoms with van der Waals surface area (Å²) in [5, 5.41) is 10.2. The number of carboxylic acids is 1. The van der Waals surface area contributed by atoms with Gasteiger partial charge in [-0.1, -0.05) is 85.5 Å². The highest BCUT2D eigenvalue weighted by atomic mass is 16.4. The maximum Gasteiger partial charge on any atom is 0.339 e. The molecule has 3 N–H and O–H groups in total. The Bertz CT molecular complexity index is 441. The first-order valence-corrected chi connectivity index (χ1v) is 11.9. The van der Waals surface area contributed by atoms with Crippen molar-refractivity contribution in [1.82, 2.24) is 9.80 Å². The van der Waals surface area contributed by atoms with E-state index in [0.717, 1.165) is 19.3 Å². The van der Waals surface area contributed by atoms with Gasteiger partial charge in [0.1, 0.15) is 0 Å². The summed E-state index contributed by atoms with van der Waals surface area (Å²) < 4.78 is 0. The van der Waals surface area contributed by atoms with Crippen LogP contribution in [0, 0.1) is 0 Å². The van der Waals surface area contributed by atoms with Gasteiger partial charge in [-0.05, 0) is 25.9 Å². The number of aliphatic carboxylic acids is 1. The van der Waals surface area contributed by atoms with Crippen LogP contribution in [0.4, 0.5) is 0 Å². The first kappa shape index (κ1) is 27.9. The Morgan fingerprint density at radius 1 is 0.724 bits per heavy atom. The number of amides is 1. The molecule has 0 spiro atoms. The maximum atomic E-state index is 12.4. The van der Waals surface area contributed by atoms with Crippen LogP contribution >= 0.6 is 0 Å². The topological polar surface area (TPSA) is 86.9 Å². The summed E-state index contributed by atoms with van der Waals surface area (Å²) in [4.78, 5) is 28.1. The maximum absolute atomic E-state index is 12.4. The molecule has 0 saturated heterocycles. The summed E-state index contributed by atoms with van der Waals surface area (Å²) in [6.07, 6.45) is 13.1. The Kier molecular flexibility index (Phi) is 16.0. The van der Waals surface area contributed by atoms with Crippen LogP contribution < -0.4 is 5.73 Å². The first-order valence-electron chi connectivity index (χ1n) is 11.9. The van der Waals surface area contributed by atoms with Crippen molar-refractivity contribution in [3.05, 3.63) is 0 Å². The third kappa shape index (κ3) is 9.94. The Balaban J connectivity index is 4.81. The van der Waals surface area contributed by atoms with Crippen molar-refractivity contribution in [1.29, 1.82) is 0 Å². The largest absolute Gasteiger partial charge is 0.479 e. The lowest BCUT2D eigenvalue weighted by Gasteiger charge is -2.47. The van der Waals surface area contributed by atoms with Gasteiger partial charge >= 0.3 is 5.97 Å². The molecule has 0 fully saturated rings. The number of hydrogen-bond donors (Lipinski definition) is 2. The summed E-state index contributed by atoms with van der Waals surface area (Å²) in [7, 11) is 0. The average molecular weight is 414 g/mol. The lowest BCUT2D eigenvalue weighted by Crippen LogP contribution is -2.67. The number of primary amides is 1. The zero-order valence-electron chi connectivity index (χ0n) is 19.5. The number of carbonyl (C=O) groups is 2. The lowest BCUT2D eigenvalue weighted by atomic mass is 9.98. The van der Waals surface area contributed by atoms with Gasteiger partial charge in [0.15, 0.2) is 5.66 Å². The molecule has 0 aromatic rings. The molecule has 0 bridgehead atoms. The Labute approximate surface area is 179 Å². The van der Waals surface area contributed by atoms with Gasteiger partial charge < -0.3 is 10.8 Å². The fraction of sp³-hybridized carbons (Fsp3) is 0.913. The quantitative estimate of drug-likeness (QED) is 0.225. The van der Waals surface area contributed by atoms with Gasteiger partial charge in [0.2, 0.25) is 5.91 Å². The second-order valence-electron chi connectivity index (χ2n) is 8.11. The summed E-state index contributed by atoms with van der Waals surface area (Å²) in [5.74, 6) is -1.54. The SMILES string of the molecule is CCCCCCCCCCCCN(CCC)C(CC(N)=O)(C(=O)O)N(CC)CC. The number of hydrogen-bond acceptors (Lipinski definition) is 4. The number of carbonyl (C=O) groups excluding carboxylic acids is 1. The molecule has 0 heterocycles. The van der Waals surface area contributed by atoms with E-state index in [1.807, 2.05) is 30.6 Å². The van der Waals surface area contributed by atoms with Crippen molar-refractivity contribution < 1.29 is 14.7 Å². The minimum Gasteiger partial charge on any atom is -0.479 e. The van der Waals surface area contributed by atoms with Crippen molar-refractivity contribution in [2.24, 2.45) is 5.73 Å². The van der Waals surface area contributed by atoms with E-state index in [1.165, 1.54) is 51.4 Å². The molecule has 172 valence electrons. The number of rotatable bonds is 20. The van der Waals surface area contributed by atoms with Crippen LogP contribution in [0.25, 0.3) is 0 Å². The fourth-order valence-electron chi connectivity index (χ4n) is 4.30. The molecule has 0 radical (unpaired) electrons. The Morgan fingerprint density at radius 3 is 1.59 bits per heavy atom. The van der Waals surface area contributed by atoms with Crippen LogP contribution in [0.3, 0.4) is 0 Å². The van der Waals surface area contributed by atoms with Gasteiger partial charge in [-0.25, -0.2) is 4.79 Å². The molecular weight excluding hydrogens is 366 g/mol. The highest BCUT2D eigenvalue weighted by Crippen LogP contribution is 2.27. The van der Waals surface area contributed by atoms with Crippen molar-refractivity contribution in [3.63, 3.8) is 0 Å². The van der Waals surface area contributed by atoms with E-state index < -0.39 is 17.5 Å². The van der Waals surface area contributed by atoms with Crippen molar-refractivity contribution in [2.45, 2.75) is 110 Å². The first-order chi connectivity index (χ1) is 13.9. The van der Waals surface area contributed by atoms with E-state index >= 15 is 0 Å². The molecular formula is C23H47N3O3. The Morgan fingerprint density at radius 2 is 1.21 bits per heavy atom. The number of carboxylic acid groups (broad SMARTS) is 1. The van der Waals surface area contributed by atoms with E-state index in [1.54, 1.807) is 0 Å². The van der Waals surface area contributed by atoms with Gasteiger partial charge in [-0.15, -0.1) is 0 Å². The van der Waals surface area contributed by atoms with Crippen LogP contribution in [-0.4, -0.2) is 58.6 Å². The van der Waals surface area contributed by atoms with Gasteiger partial charge in [0.25, 0.3) is 0 Å². The molecule has 0 aliphatic rings. The van der Waals surface area contributed by atoms with E-state index in [0.29, 0.717) is 26.2 Å². The lowest BCUT2D eigenvalue weighted by molar-refractivity contribution is -0.172. The van der Waals surface area contributed by atoms with Gasteiger partial charge in [-0.3, -0.25) is 14.6 Å². The molecule has 1 unspecified atom stereocenters. The van der Waals surface area contributed by atoms with E-state index in [9.17, 15) is 14.7 Å². The van der Waals surface area contributed by atoms with Gasteiger partial charge in [-0.2, -0.15) is 0 Å². The molecule has 0 aliphatic heterocycles. The molecule has 29 heavy (non-hydrogen) atoms. The molecule has 0 aromatic carbocycles. The van der Waals surface area contributed by atoms with Gasteiger partial charge in [0.05, 0.1) is 6.42 Å². The molecule has 1 atom stereocenters. The average Bonchev–Trinajstić information content (AvgIpc) is 2.68. The summed E-state index contributed by atoms with van der Waals surface area (Å²) >= 11 is 0. The fourth-order valence-corrected chi connectivity index (χ4v) is 4.30. The summed E-state index contributed by atoms with van der Waals surface area (Å²) in [6, 6.07) is 0. The highest BCUT2D eigenvalue weighted by molar-refractivity contribution is 5.86. The molecule has 0 aliphatic carbocycles. The molecule has 0 aromatic heterocycles. The smallest absolute Gasteiger partial charge is 0.339 e. The predicted octanol–water partition coefficient (Wildman–Crippen LogP) is 4.62. The van der Waals surface area contributed by atoms with E-state index in [-0.39, 0.29) is 6.42 Å². The second-order valence-corrected chi connectivity index (χ2v) is 8.11. The summed E-state index contributed by atoms with van der Waals surface area (Å²) in [5.41, 5.74) is 4.15. The van der Waals surface area contributed by atoms with Crippen molar-refractivity contribution in [3.8, 4) is 0 Å². The molecule has 0 rings (SSSR count). The third-order valence-electron chi connectivity index (χ3n) is 5.85. The minimum absolute atomic E-state index is 0.179. The normalized spacial score (nSPS) is 13.7. The monoisotopic (exact) mass is 413 g/mol. The van der Waals surface area contributed by atoms with Crippen molar-refractivity contribution in [2.75, 3.05) is 26.2 Å². The van der Waals surface area contributed by atoms with Crippen LogP contribution in [0.15, 0.2) is 0 Å². The van der Waals surface area contributed by atoms with Crippen LogP contribution in [-0.2, 0) is 9.59 Å². The molecule has 6 heteroatoms. The Hall–Kier alpha value is -1.14. The van der Waals surface area contributed by atoms with E-state index in [2.05, 4.69) is 6.92 Å². The number of nitrogens with two attached hydrogens (primary N) is 1. The van der Waals surface area contributed by atoms with Crippen LogP contribution in [0.2, 0.25) is 0 Å². The summed E-state index contributed by atoms with van der Waals surface area (Å²) in [6.45, 7) is 10.6. The highest BCUT2D eigenvalue weighted by Gasteiger charge is 2.49. The van der Waals surface area contributed by atoms with Crippen LogP contribution in [0.5, 0.6) is 0 Å². The third-order valence-corrected chi connectivity index (χ3v) is 5.85.